The maximum atomic E-state index is 11.7. The summed E-state index contributed by atoms with van der Waals surface area (Å²) in [5, 5.41) is 14.8. The lowest BCUT2D eigenvalue weighted by Gasteiger charge is -2.08. The molecule has 1 heterocycles. The zero-order valence-corrected chi connectivity index (χ0v) is 11.3. The van der Waals surface area contributed by atoms with Crippen LogP contribution in [0.4, 0.5) is 5.13 Å². The molecule has 2 N–H and O–H groups in total. The molecule has 1 rings (SSSR count). The van der Waals surface area contributed by atoms with Crippen molar-refractivity contribution in [3.05, 3.63) is 5.01 Å². The van der Waals surface area contributed by atoms with Gasteiger partial charge in [0.15, 0.2) is 0 Å². The maximum Gasteiger partial charge on any atom is 0.282 e. The highest BCUT2D eigenvalue weighted by Crippen LogP contribution is 2.14. The first-order valence-corrected chi connectivity index (χ1v) is 6.45. The second-order valence-electron chi connectivity index (χ2n) is 3.90. The fraction of sp³-hybridized carbons (Fsp3) is 0.700. The second-order valence-corrected chi connectivity index (χ2v) is 4.88. The molecule has 0 unspecified atom stereocenters. The highest BCUT2D eigenvalue weighted by Gasteiger charge is 2.11. The van der Waals surface area contributed by atoms with Crippen molar-refractivity contribution < 1.29 is 4.79 Å². The van der Waals surface area contributed by atoms with Gasteiger partial charge in [0.05, 0.1) is 0 Å². The number of hydrogen-bond donors (Lipinski definition) is 2. The van der Waals surface area contributed by atoms with Gasteiger partial charge in [0.25, 0.3) is 5.91 Å². The van der Waals surface area contributed by atoms with Crippen LogP contribution in [0.2, 0.25) is 0 Å². The summed E-state index contributed by atoms with van der Waals surface area (Å²) in [7, 11) is 3.92. The number of amides is 1. The topological polar surface area (TPSA) is 70.1 Å². The normalized spacial score (nSPS) is 10.6. The van der Waals surface area contributed by atoms with Crippen LogP contribution in [0.15, 0.2) is 0 Å². The summed E-state index contributed by atoms with van der Waals surface area (Å²) in [6.45, 7) is 4.34. The number of likely N-dealkylation sites (N-methyl/N-ethyl adjacent to an activating group) is 1. The Labute approximate surface area is 105 Å². The smallest absolute Gasteiger partial charge is 0.282 e. The Bertz CT molecular complexity index is 352. The Balaban J connectivity index is 2.38. The van der Waals surface area contributed by atoms with Gasteiger partial charge < -0.3 is 15.5 Å². The van der Waals surface area contributed by atoms with Gasteiger partial charge in [0.1, 0.15) is 0 Å². The molecule has 0 saturated carbocycles. The molecule has 0 aromatic carbocycles. The third kappa shape index (κ3) is 5.10. The predicted octanol–water partition coefficient (Wildman–Crippen LogP) is 0.651. The standard InChI is InChI=1S/C10H19N5OS/c1-4-5-12-10-14-13-9(17-10)8(16)11-6-7-15(2)3/h4-7H2,1-3H3,(H,11,16)(H,12,14). The molecule has 0 fully saturated rings. The molecule has 1 aromatic heterocycles. The van der Waals surface area contributed by atoms with Gasteiger partial charge in [-0.15, -0.1) is 10.2 Å². The molecule has 0 atom stereocenters. The monoisotopic (exact) mass is 257 g/mol. The average Bonchev–Trinajstić information content (AvgIpc) is 2.74. The molecule has 0 aliphatic heterocycles. The molecule has 1 amide bonds. The summed E-state index contributed by atoms with van der Waals surface area (Å²) < 4.78 is 0. The van der Waals surface area contributed by atoms with Crippen molar-refractivity contribution in [1.29, 1.82) is 0 Å². The molecule has 0 radical (unpaired) electrons. The highest BCUT2D eigenvalue weighted by molar-refractivity contribution is 7.17. The van der Waals surface area contributed by atoms with E-state index in [-0.39, 0.29) is 5.91 Å². The molecule has 96 valence electrons. The average molecular weight is 257 g/mol. The highest BCUT2D eigenvalue weighted by atomic mass is 32.1. The molecule has 7 heteroatoms. The molecule has 17 heavy (non-hydrogen) atoms. The second kappa shape index (κ2) is 7.18. The van der Waals surface area contributed by atoms with E-state index in [2.05, 4.69) is 27.8 Å². The summed E-state index contributed by atoms with van der Waals surface area (Å²) in [5.41, 5.74) is 0. The van der Waals surface area contributed by atoms with Crippen LogP contribution in [-0.2, 0) is 0 Å². The third-order valence-corrected chi connectivity index (χ3v) is 2.87. The van der Waals surface area contributed by atoms with Crippen LogP contribution < -0.4 is 10.6 Å². The van der Waals surface area contributed by atoms with Crippen LogP contribution in [0, 0.1) is 0 Å². The van der Waals surface area contributed by atoms with Crippen LogP contribution >= 0.6 is 11.3 Å². The SMILES string of the molecule is CCCNc1nnc(C(=O)NCCN(C)C)s1. The van der Waals surface area contributed by atoms with Gasteiger partial charge in [-0.1, -0.05) is 18.3 Å². The molecular formula is C10H19N5OS. The first-order valence-electron chi connectivity index (χ1n) is 5.63. The van der Waals surface area contributed by atoms with Crippen molar-refractivity contribution in [3.8, 4) is 0 Å². The largest absolute Gasteiger partial charge is 0.360 e. The predicted molar refractivity (Wildman–Crippen MR) is 69.6 cm³/mol. The van der Waals surface area contributed by atoms with Crippen LogP contribution in [0.5, 0.6) is 0 Å². The van der Waals surface area contributed by atoms with Crippen LogP contribution in [0.3, 0.4) is 0 Å². The molecule has 0 aliphatic rings. The number of nitrogens with zero attached hydrogens (tertiary/aromatic N) is 3. The van der Waals surface area contributed by atoms with Gasteiger partial charge in [-0.05, 0) is 20.5 Å². The van der Waals surface area contributed by atoms with Crippen molar-refractivity contribution in [2.45, 2.75) is 13.3 Å². The quantitative estimate of drug-likeness (QED) is 0.750. The van der Waals surface area contributed by atoms with Crippen molar-refractivity contribution in [2.75, 3.05) is 39.0 Å². The number of nitrogens with one attached hydrogen (secondary N) is 2. The Morgan fingerprint density at radius 1 is 1.35 bits per heavy atom. The maximum absolute atomic E-state index is 11.7. The first kappa shape index (κ1) is 13.9. The minimum absolute atomic E-state index is 0.158. The summed E-state index contributed by atoms with van der Waals surface area (Å²) in [4.78, 5) is 13.7. The first-order chi connectivity index (χ1) is 8.13. The summed E-state index contributed by atoms with van der Waals surface area (Å²) in [6, 6.07) is 0. The van der Waals surface area contributed by atoms with E-state index >= 15 is 0 Å². The molecule has 1 aromatic rings. The summed E-state index contributed by atoms with van der Waals surface area (Å²) in [6.07, 6.45) is 1.02. The summed E-state index contributed by atoms with van der Waals surface area (Å²) in [5.74, 6) is -0.158. The minimum Gasteiger partial charge on any atom is -0.360 e. The number of carbonyl (C=O) groups is 1. The van der Waals surface area contributed by atoms with Gasteiger partial charge in [-0.25, -0.2) is 0 Å². The van der Waals surface area contributed by atoms with Gasteiger partial charge in [-0.3, -0.25) is 4.79 Å². The Morgan fingerprint density at radius 3 is 2.76 bits per heavy atom. The zero-order chi connectivity index (χ0) is 12.7. The van der Waals surface area contributed by atoms with Crippen molar-refractivity contribution in [3.63, 3.8) is 0 Å². The van der Waals surface area contributed by atoms with Crippen LogP contribution in [0.1, 0.15) is 23.1 Å². The van der Waals surface area contributed by atoms with Gasteiger partial charge >= 0.3 is 0 Å². The van der Waals surface area contributed by atoms with E-state index in [4.69, 9.17) is 0 Å². The van der Waals surface area contributed by atoms with Crippen molar-refractivity contribution >= 4 is 22.4 Å². The van der Waals surface area contributed by atoms with Gasteiger partial charge in [0.2, 0.25) is 10.1 Å². The molecule has 6 nitrogen and oxygen atoms in total. The Hall–Kier alpha value is -1.21. The van der Waals surface area contributed by atoms with E-state index in [1.807, 2.05) is 19.0 Å². The number of rotatable bonds is 7. The zero-order valence-electron chi connectivity index (χ0n) is 10.5. The number of hydrogen-bond acceptors (Lipinski definition) is 6. The van der Waals surface area contributed by atoms with Gasteiger partial charge in [0, 0.05) is 19.6 Å². The number of aromatic nitrogens is 2. The minimum atomic E-state index is -0.158. The van der Waals surface area contributed by atoms with E-state index in [1.54, 1.807) is 0 Å². The lowest BCUT2D eigenvalue weighted by atomic mass is 10.5. The third-order valence-electron chi connectivity index (χ3n) is 1.99. The molecular weight excluding hydrogens is 238 g/mol. The fourth-order valence-corrected chi connectivity index (χ4v) is 1.77. The van der Waals surface area contributed by atoms with E-state index in [9.17, 15) is 4.79 Å². The Kier molecular flexibility index (Phi) is 5.85. The van der Waals surface area contributed by atoms with Crippen LogP contribution in [-0.4, -0.2) is 54.7 Å². The molecule has 0 aliphatic carbocycles. The summed E-state index contributed by atoms with van der Waals surface area (Å²) >= 11 is 1.28. The molecule has 0 saturated heterocycles. The van der Waals surface area contributed by atoms with E-state index in [0.29, 0.717) is 16.7 Å². The van der Waals surface area contributed by atoms with Crippen molar-refractivity contribution in [2.24, 2.45) is 0 Å². The lowest BCUT2D eigenvalue weighted by Crippen LogP contribution is -2.31. The van der Waals surface area contributed by atoms with E-state index in [1.165, 1.54) is 11.3 Å². The number of carbonyl (C=O) groups excluding carboxylic acids is 1. The Morgan fingerprint density at radius 2 is 2.12 bits per heavy atom. The van der Waals surface area contributed by atoms with E-state index in [0.717, 1.165) is 19.5 Å². The lowest BCUT2D eigenvalue weighted by molar-refractivity contribution is 0.0950. The number of anilines is 1. The van der Waals surface area contributed by atoms with Crippen molar-refractivity contribution in [1.82, 2.24) is 20.4 Å². The van der Waals surface area contributed by atoms with E-state index < -0.39 is 0 Å². The molecule has 0 spiro atoms. The fourth-order valence-electron chi connectivity index (χ4n) is 1.09. The van der Waals surface area contributed by atoms with Crippen LogP contribution in [0.25, 0.3) is 0 Å². The van der Waals surface area contributed by atoms with Gasteiger partial charge in [-0.2, -0.15) is 0 Å². The molecule has 0 bridgehead atoms.